The van der Waals surface area contributed by atoms with Crippen LogP contribution in [0.25, 0.3) is 21.3 Å². The van der Waals surface area contributed by atoms with Gasteiger partial charge in [0.1, 0.15) is 0 Å². The van der Waals surface area contributed by atoms with Crippen molar-refractivity contribution in [3.63, 3.8) is 0 Å². The minimum absolute atomic E-state index is 0.0395. The molecule has 5 heterocycles. The molecule has 40 heavy (non-hydrogen) atoms. The van der Waals surface area contributed by atoms with Gasteiger partial charge in [0, 0.05) is 59.3 Å². The number of aromatic nitrogens is 3. The maximum atomic E-state index is 13.0. The lowest BCUT2D eigenvalue weighted by Crippen LogP contribution is -2.41. The molecule has 3 atom stereocenters. The third-order valence-electron chi connectivity index (χ3n) is 8.33. The molecule has 0 amide bonds. The Hall–Kier alpha value is -3.88. The van der Waals surface area contributed by atoms with E-state index in [2.05, 4.69) is 27.3 Å². The van der Waals surface area contributed by atoms with Gasteiger partial charge in [0.2, 0.25) is 0 Å². The van der Waals surface area contributed by atoms with E-state index in [0.717, 1.165) is 75.2 Å². The maximum absolute atomic E-state index is 13.0. The second-order valence-electron chi connectivity index (χ2n) is 10.8. The van der Waals surface area contributed by atoms with Crippen molar-refractivity contribution in [3.05, 3.63) is 79.6 Å². The first-order valence-electron chi connectivity index (χ1n) is 13.4. The molecule has 0 radical (unpaired) electrons. The minimum Gasteiger partial charge on any atom is -0.366 e. The van der Waals surface area contributed by atoms with Gasteiger partial charge in [-0.1, -0.05) is 0 Å². The lowest BCUT2D eigenvalue weighted by molar-refractivity contribution is 0.124. The molecule has 8 nitrogen and oxygen atoms in total. The number of rotatable bonds is 6. The fraction of sp³-hybridized carbons (Fsp3) is 0.379. The first-order chi connectivity index (χ1) is 19.4. The van der Waals surface area contributed by atoms with Crippen LogP contribution in [0.5, 0.6) is 0 Å². The highest BCUT2D eigenvalue weighted by atomic mass is 32.1. The molecule has 3 aliphatic rings. The van der Waals surface area contributed by atoms with E-state index < -0.39 is 24.2 Å². The van der Waals surface area contributed by atoms with Crippen LogP contribution in [0.15, 0.2) is 52.3 Å². The Morgan fingerprint density at radius 1 is 1.20 bits per heavy atom. The van der Waals surface area contributed by atoms with Crippen molar-refractivity contribution >= 4 is 27.2 Å². The number of fused-ring (bicyclic) bond motifs is 4. The van der Waals surface area contributed by atoms with Crippen molar-refractivity contribution in [3.8, 4) is 17.2 Å². The third kappa shape index (κ3) is 4.22. The first kappa shape index (κ1) is 25.1. The number of halogens is 2. The molecule has 0 bridgehead atoms. The second kappa shape index (κ2) is 9.64. The van der Waals surface area contributed by atoms with Gasteiger partial charge in [-0.3, -0.25) is 18.9 Å². The van der Waals surface area contributed by atoms with Crippen LogP contribution >= 0.6 is 11.3 Å². The van der Waals surface area contributed by atoms with Gasteiger partial charge in [-0.2, -0.15) is 5.26 Å². The predicted molar refractivity (Wildman–Crippen MR) is 149 cm³/mol. The summed E-state index contributed by atoms with van der Waals surface area (Å²) < 4.78 is 28.6. The smallest absolute Gasteiger partial charge is 0.331 e. The van der Waals surface area contributed by atoms with E-state index in [1.54, 1.807) is 6.20 Å². The molecule has 2 aliphatic heterocycles. The van der Waals surface area contributed by atoms with Crippen LogP contribution in [0, 0.1) is 17.2 Å². The van der Waals surface area contributed by atoms with Crippen LogP contribution in [-0.2, 0) is 13.1 Å². The zero-order valence-corrected chi connectivity index (χ0v) is 22.3. The Morgan fingerprint density at radius 3 is 2.85 bits per heavy atom. The van der Waals surface area contributed by atoms with E-state index in [4.69, 9.17) is 0 Å². The summed E-state index contributed by atoms with van der Waals surface area (Å²) in [6.45, 7) is 2.12. The number of hydrogen-bond donors (Lipinski definition) is 1. The van der Waals surface area contributed by atoms with Crippen LogP contribution in [0.3, 0.4) is 0 Å². The summed E-state index contributed by atoms with van der Waals surface area (Å²) in [4.78, 5) is 33.1. The molecule has 2 fully saturated rings. The highest BCUT2D eigenvalue weighted by Crippen LogP contribution is 2.58. The van der Waals surface area contributed by atoms with Crippen molar-refractivity contribution in [2.45, 2.75) is 44.3 Å². The van der Waals surface area contributed by atoms with Gasteiger partial charge in [-0.25, -0.2) is 13.6 Å². The van der Waals surface area contributed by atoms with Crippen molar-refractivity contribution in [1.29, 1.82) is 5.26 Å². The highest BCUT2D eigenvalue weighted by Gasteiger charge is 2.47. The molecule has 1 aliphatic carbocycles. The topological polar surface area (TPSA) is 96.0 Å². The average molecular weight is 561 g/mol. The van der Waals surface area contributed by atoms with E-state index in [1.807, 2.05) is 18.2 Å². The third-order valence-corrected chi connectivity index (χ3v) is 9.47. The average Bonchev–Trinajstić information content (AvgIpc) is 3.32. The molecule has 1 N–H and O–H groups in total. The molecule has 7 rings (SSSR count). The van der Waals surface area contributed by atoms with E-state index in [-0.39, 0.29) is 6.54 Å². The molecule has 1 aromatic carbocycles. The van der Waals surface area contributed by atoms with Crippen LogP contribution in [-0.4, -0.2) is 46.2 Å². The summed E-state index contributed by atoms with van der Waals surface area (Å²) in [6, 6.07) is 11.7. The van der Waals surface area contributed by atoms with E-state index >= 15 is 0 Å². The van der Waals surface area contributed by atoms with Gasteiger partial charge in [-0.15, -0.1) is 11.3 Å². The van der Waals surface area contributed by atoms with Gasteiger partial charge in [0.25, 0.3) is 12.0 Å². The van der Waals surface area contributed by atoms with Crippen LogP contribution in [0.1, 0.15) is 34.8 Å². The molecular formula is C29H26F2N6O2S. The normalized spacial score (nSPS) is 21.4. The molecule has 11 heteroatoms. The SMILES string of the molecule is N#Cc1cc(-c2ccnc3cc(Cn4c(=O)ccn(CC(F)F)c4=O)sc23)c2c(c1)[C@@H]1C[C@@H]1CN2[C@@H]1CCNC1. The first-order valence-corrected chi connectivity index (χ1v) is 14.2. The van der Waals surface area contributed by atoms with Gasteiger partial charge in [0.05, 0.1) is 34.9 Å². The van der Waals surface area contributed by atoms with Crippen LogP contribution < -0.4 is 21.5 Å². The van der Waals surface area contributed by atoms with E-state index in [9.17, 15) is 23.6 Å². The van der Waals surface area contributed by atoms with Crippen LogP contribution in [0.2, 0.25) is 0 Å². The van der Waals surface area contributed by atoms with Gasteiger partial charge >= 0.3 is 5.69 Å². The number of pyridine rings is 1. The monoisotopic (exact) mass is 560 g/mol. The predicted octanol–water partition coefficient (Wildman–Crippen LogP) is 3.76. The number of hydrogen-bond acceptors (Lipinski definition) is 7. The zero-order chi connectivity index (χ0) is 27.5. The van der Waals surface area contributed by atoms with Gasteiger partial charge < -0.3 is 10.2 Å². The molecule has 1 saturated carbocycles. The number of alkyl halides is 2. The van der Waals surface area contributed by atoms with Crippen molar-refractivity contribution in [2.75, 3.05) is 24.5 Å². The fourth-order valence-electron chi connectivity index (χ4n) is 6.36. The zero-order valence-electron chi connectivity index (χ0n) is 21.5. The van der Waals surface area contributed by atoms with Gasteiger partial charge in [0.15, 0.2) is 0 Å². The Kier molecular flexibility index (Phi) is 6.05. The van der Waals surface area contributed by atoms with Gasteiger partial charge in [-0.05, 0) is 61.1 Å². The molecule has 3 aromatic heterocycles. The molecule has 0 spiro atoms. The molecular weight excluding hydrogens is 534 g/mol. The standard InChI is InChI=1S/C29H26F2N6O2S/c30-25(31)15-35-6-3-26(38)37(29(35)39)14-19-10-24-28(40-19)20(2-5-34-24)22-7-16(11-32)8-23-21-9-17(21)13-36(27(22)23)18-1-4-33-12-18/h2-3,5-8,10,17-18,21,25,33H,1,4,9,12-15H2/t17-,18-,21-/m1/s1. The summed E-state index contributed by atoms with van der Waals surface area (Å²) in [5, 5.41) is 13.4. The Balaban J connectivity index is 1.35. The Bertz CT molecular complexity index is 1800. The highest BCUT2D eigenvalue weighted by molar-refractivity contribution is 7.19. The molecule has 1 saturated heterocycles. The lowest BCUT2D eigenvalue weighted by Gasteiger charge is -2.37. The summed E-state index contributed by atoms with van der Waals surface area (Å²) in [5.41, 5.74) is 4.44. The molecule has 4 aromatic rings. The largest absolute Gasteiger partial charge is 0.366 e. The molecule has 0 unspecified atom stereocenters. The fourth-order valence-corrected chi connectivity index (χ4v) is 7.50. The quantitative estimate of drug-likeness (QED) is 0.386. The number of thiophene rings is 1. The summed E-state index contributed by atoms with van der Waals surface area (Å²) >= 11 is 1.43. The number of nitrogens with zero attached hydrogens (tertiary/aromatic N) is 5. The maximum Gasteiger partial charge on any atom is 0.331 e. The Morgan fingerprint density at radius 2 is 2.08 bits per heavy atom. The van der Waals surface area contributed by atoms with Crippen molar-refractivity contribution in [1.82, 2.24) is 19.4 Å². The number of nitriles is 1. The summed E-state index contributed by atoms with van der Waals surface area (Å²) in [5.74, 6) is 1.10. The lowest BCUT2D eigenvalue weighted by atomic mass is 9.90. The number of anilines is 1. The van der Waals surface area contributed by atoms with Crippen molar-refractivity contribution in [2.24, 2.45) is 5.92 Å². The summed E-state index contributed by atoms with van der Waals surface area (Å²) in [7, 11) is 0. The van der Waals surface area contributed by atoms with Crippen LogP contribution in [0.4, 0.5) is 14.5 Å². The Labute approximate surface area is 232 Å². The second-order valence-corrected chi connectivity index (χ2v) is 12.0. The number of nitrogens with one attached hydrogen (secondary N) is 1. The molecule has 204 valence electrons. The van der Waals surface area contributed by atoms with E-state index in [0.29, 0.717) is 28.3 Å². The van der Waals surface area contributed by atoms with E-state index in [1.165, 1.54) is 22.6 Å². The number of benzene rings is 1. The summed E-state index contributed by atoms with van der Waals surface area (Å²) in [6.07, 6.45) is 2.36. The van der Waals surface area contributed by atoms with Crippen molar-refractivity contribution < 1.29 is 8.78 Å². The minimum atomic E-state index is -2.71.